The van der Waals surface area contributed by atoms with E-state index in [0.29, 0.717) is 17.4 Å². The van der Waals surface area contributed by atoms with Crippen LogP contribution >= 0.6 is 11.3 Å². The van der Waals surface area contributed by atoms with Gasteiger partial charge < -0.3 is 10.6 Å². The first-order valence-electron chi connectivity index (χ1n) is 10.4. The predicted octanol–water partition coefficient (Wildman–Crippen LogP) is 4.29. The molecule has 0 spiro atoms. The fraction of sp³-hybridized carbons (Fsp3) is 0.0435. The van der Waals surface area contributed by atoms with Crippen LogP contribution in [0.3, 0.4) is 0 Å². The van der Waals surface area contributed by atoms with Gasteiger partial charge in [0.2, 0.25) is 16.8 Å². The molecule has 0 saturated carbocycles. The average molecular weight is 468 g/mol. The van der Waals surface area contributed by atoms with Gasteiger partial charge in [0.1, 0.15) is 12.1 Å². The molecule has 1 amide bonds. The molecule has 0 aliphatic rings. The zero-order chi connectivity index (χ0) is 23.1. The van der Waals surface area contributed by atoms with Crippen LogP contribution in [-0.4, -0.2) is 40.3 Å². The van der Waals surface area contributed by atoms with E-state index in [2.05, 4.69) is 35.8 Å². The Labute approximate surface area is 196 Å². The lowest BCUT2D eigenvalue weighted by Gasteiger charge is -2.04. The van der Waals surface area contributed by atoms with Crippen LogP contribution in [0.25, 0.3) is 32.9 Å². The molecule has 0 unspecified atom stereocenters. The van der Waals surface area contributed by atoms with Gasteiger partial charge in [0.15, 0.2) is 5.65 Å². The van der Waals surface area contributed by atoms with Gasteiger partial charge in [0.05, 0.1) is 23.0 Å². The van der Waals surface area contributed by atoms with E-state index in [9.17, 15) is 4.79 Å². The molecule has 0 atom stereocenters. The molecule has 0 aliphatic carbocycles. The Kier molecular flexibility index (Phi) is 4.73. The summed E-state index contributed by atoms with van der Waals surface area (Å²) >= 11 is 1.49. The Morgan fingerprint density at radius 3 is 2.65 bits per heavy atom. The molecule has 0 saturated heterocycles. The van der Waals surface area contributed by atoms with Crippen molar-refractivity contribution in [2.75, 3.05) is 10.6 Å². The molecular formula is C23H17N9OS. The Morgan fingerprint density at radius 2 is 1.85 bits per heavy atom. The van der Waals surface area contributed by atoms with Gasteiger partial charge in [-0.1, -0.05) is 30.3 Å². The Hall–Kier alpha value is -4.64. The summed E-state index contributed by atoms with van der Waals surface area (Å²) in [4.78, 5) is 25.4. The van der Waals surface area contributed by atoms with Gasteiger partial charge in [-0.3, -0.25) is 4.79 Å². The summed E-state index contributed by atoms with van der Waals surface area (Å²) < 4.78 is 3.55. The number of amides is 1. The molecule has 6 rings (SSSR count). The van der Waals surface area contributed by atoms with Gasteiger partial charge in [0, 0.05) is 23.6 Å². The van der Waals surface area contributed by atoms with Gasteiger partial charge >= 0.3 is 0 Å². The molecular weight excluding hydrogens is 450 g/mol. The molecule has 4 aromatic heterocycles. The van der Waals surface area contributed by atoms with E-state index in [0.717, 1.165) is 33.0 Å². The molecule has 11 heteroatoms. The van der Waals surface area contributed by atoms with Gasteiger partial charge in [-0.05, 0) is 24.3 Å². The van der Waals surface area contributed by atoms with Crippen molar-refractivity contribution in [2.24, 2.45) is 0 Å². The van der Waals surface area contributed by atoms with Crippen LogP contribution in [0, 0.1) is 0 Å². The second kappa shape index (κ2) is 8.05. The summed E-state index contributed by atoms with van der Waals surface area (Å²) in [5.41, 5.74) is 4.21. The van der Waals surface area contributed by atoms with Crippen LogP contribution in [0.4, 0.5) is 17.5 Å². The van der Waals surface area contributed by atoms with Gasteiger partial charge in [0.25, 0.3) is 0 Å². The summed E-state index contributed by atoms with van der Waals surface area (Å²) in [5.74, 6) is 0.896. The number of carbonyl (C=O) groups is 1. The number of hydrogen-bond acceptors (Lipinski definition) is 8. The highest BCUT2D eigenvalue weighted by atomic mass is 32.1. The minimum absolute atomic E-state index is 0.106. The smallest absolute Gasteiger partial charge is 0.249 e. The SMILES string of the molecule is CC(=O)Nc1ccc(-c2csc3nc(Nc4ncnc5c4cnn5-c4ccccc4)nn23)cc1. The van der Waals surface area contributed by atoms with E-state index < -0.39 is 0 Å². The van der Waals surface area contributed by atoms with Crippen molar-refractivity contribution in [3.05, 3.63) is 72.5 Å². The number of nitrogens with zero attached hydrogens (tertiary/aromatic N) is 7. The predicted molar refractivity (Wildman–Crippen MR) is 131 cm³/mol. The lowest BCUT2D eigenvalue weighted by Crippen LogP contribution is -2.05. The van der Waals surface area contributed by atoms with Crippen molar-refractivity contribution in [2.45, 2.75) is 6.92 Å². The minimum Gasteiger partial charge on any atom is -0.326 e. The molecule has 4 heterocycles. The van der Waals surface area contributed by atoms with Crippen LogP contribution in [0.1, 0.15) is 6.92 Å². The highest BCUT2D eigenvalue weighted by Crippen LogP contribution is 2.28. The molecule has 6 aromatic rings. The fourth-order valence-corrected chi connectivity index (χ4v) is 4.50. The van der Waals surface area contributed by atoms with Crippen LogP contribution in [0.2, 0.25) is 0 Å². The summed E-state index contributed by atoms with van der Waals surface area (Å²) in [6.45, 7) is 1.48. The first-order chi connectivity index (χ1) is 16.7. The second-order valence-corrected chi connectivity index (χ2v) is 8.32. The second-order valence-electron chi connectivity index (χ2n) is 7.49. The number of para-hydroxylation sites is 1. The van der Waals surface area contributed by atoms with E-state index in [-0.39, 0.29) is 5.91 Å². The number of anilines is 3. The molecule has 34 heavy (non-hydrogen) atoms. The van der Waals surface area contributed by atoms with Crippen LogP contribution in [0.15, 0.2) is 72.5 Å². The summed E-state index contributed by atoms with van der Waals surface area (Å²) in [7, 11) is 0. The number of fused-ring (bicyclic) bond motifs is 2. The maximum atomic E-state index is 11.3. The highest BCUT2D eigenvalue weighted by Gasteiger charge is 2.15. The van der Waals surface area contributed by atoms with E-state index in [1.165, 1.54) is 24.6 Å². The van der Waals surface area contributed by atoms with Crippen molar-refractivity contribution in [1.82, 2.24) is 34.3 Å². The van der Waals surface area contributed by atoms with Crippen LogP contribution in [0.5, 0.6) is 0 Å². The number of nitrogens with one attached hydrogen (secondary N) is 2. The minimum atomic E-state index is -0.106. The largest absolute Gasteiger partial charge is 0.326 e. The van der Waals surface area contributed by atoms with Gasteiger partial charge in [-0.15, -0.1) is 16.4 Å². The Balaban J connectivity index is 1.32. The monoisotopic (exact) mass is 467 g/mol. The van der Waals surface area contributed by atoms with Crippen molar-refractivity contribution in [3.8, 4) is 16.9 Å². The quantitative estimate of drug-likeness (QED) is 0.389. The standard InChI is InChI=1S/C23H17N9OS/c1-14(33)27-16-9-7-15(8-10-16)19-12-34-23-29-22(30-32(19)23)28-20-18-11-26-31(21(18)25-13-24-20)17-5-3-2-4-6-17/h2-13H,1H3,(H,27,33)(H,24,25,28,30). The van der Waals surface area contributed by atoms with E-state index in [1.54, 1.807) is 15.4 Å². The molecule has 0 aliphatic heterocycles. The first kappa shape index (κ1) is 20.0. The number of benzene rings is 2. The molecule has 166 valence electrons. The molecule has 2 N–H and O–H groups in total. The van der Waals surface area contributed by atoms with E-state index in [4.69, 9.17) is 0 Å². The molecule has 0 fully saturated rings. The van der Waals surface area contributed by atoms with Crippen LogP contribution < -0.4 is 10.6 Å². The molecule has 0 bridgehead atoms. The molecule has 10 nitrogen and oxygen atoms in total. The topological polar surface area (TPSA) is 115 Å². The van der Waals surface area contributed by atoms with E-state index >= 15 is 0 Å². The highest BCUT2D eigenvalue weighted by molar-refractivity contribution is 7.15. The van der Waals surface area contributed by atoms with E-state index in [1.807, 2.05) is 60.0 Å². The average Bonchev–Trinajstić information content (AvgIpc) is 3.55. The number of thiazole rings is 1. The lowest BCUT2D eigenvalue weighted by molar-refractivity contribution is -0.114. The van der Waals surface area contributed by atoms with Crippen molar-refractivity contribution >= 4 is 50.7 Å². The first-order valence-corrected chi connectivity index (χ1v) is 11.3. The fourth-order valence-electron chi connectivity index (χ4n) is 3.67. The van der Waals surface area contributed by atoms with Crippen LogP contribution in [-0.2, 0) is 4.79 Å². The third-order valence-corrected chi connectivity index (χ3v) is 6.00. The number of rotatable bonds is 5. The number of aromatic nitrogens is 7. The van der Waals surface area contributed by atoms with Gasteiger partial charge in [-0.2, -0.15) is 10.1 Å². The maximum absolute atomic E-state index is 11.3. The normalized spacial score (nSPS) is 11.2. The number of hydrogen-bond donors (Lipinski definition) is 2. The molecule has 0 radical (unpaired) electrons. The summed E-state index contributed by atoms with van der Waals surface area (Å²) in [5, 5.41) is 17.9. The lowest BCUT2D eigenvalue weighted by atomic mass is 10.1. The Morgan fingerprint density at radius 1 is 1.03 bits per heavy atom. The molecule has 2 aromatic carbocycles. The van der Waals surface area contributed by atoms with Crippen molar-refractivity contribution < 1.29 is 4.79 Å². The maximum Gasteiger partial charge on any atom is 0.249 e. The Bertz CT molecular complexity index is 1630. The van der Waals surface area contributed by atoms with Crippen molar-refractivity contribution in [3.63, 3.8) is 0 Å². The zero-order valence-corrected chi connectivity index (χ0v) is 18.7. The zero-order valence-electron chi connectivity index (χ0n) is 17.9. The third-order valence-electron chi connectivity index (χ3n) is 5.18. The summed E-state index contributed by atoms with van der Waals surface area (Å²) in [6.07, 6.45) is 3.22. The van der Waals surface area contributed by atoms with Gasteiger partial charge in [-0.25, -0.2) is 19.2 Å². The number of carbonyl (C=O) groups excluding carboxylic acids is 1. The van der Waals surface area contributed by atoms with Crippen molar-refractivity contribution in [1.29, 1.82) is 0 Å². The summed E-state index contributed by atoms with van der Waals surface area (Å²) in [6, 6.07) is 17.4. The third kappa shape index (κ3) is 3.53.